The summed E-state index contributed by atoms with van der Waals surface area (Å²) < 4.78 is 39.9. The Morgan fingerprint density at radius 1 is 0.434 bits per heavy atom. The molecule has 0 fully saturated rings. The monoisotopic (exact) mass is 2410 g/mol. The summed E-state index contributed by atoms with van der Waals surface area (Å²) in [6.07, 6.45) is 18.2. The van der Waals surface area contributed by atoms with Crippen LogP contribution < -0.4 is 147 Å². The first-order valence-corrected chi connectivity index (χ1v) is 46.0. The number of phenols is 1. The van der Waals surface area contributed by atoms with E-state index in [4.69, 9.17) is 52.2 Å². The molecule has 12 aromatic carbocycles. The molecular weight excluding hydrogens is 2330 g/mol. The molecule has 0 amide bonds. The number of hydrogen-bond acceptors (Lipinski definition) is 17. The summed E-state index contributed by atoms with van der Waals surface area (Å²) in [5.41, 5.74) is 21.0. The van der Waals surface area contributed by atoms with Crippen molar-refractivity contribution in [2.24, 2.45) is 0 Å². The molecule has 0 radical (unpaired) electrons. The maximum absolute atomic E-state index is 9.88. The fraction of sp³-hybridized carbons (Fsp3) is 0.0439. The maximum atomic E-state index is 9.88. The number of aliphatic carboxylic acids is 1. The number of ether oxygens (including phenoxy) is 2. The number of para-hydroxylation sites is 10. The fourth-order valence-electron chi connectivity index (χ4n) is 17.5. The van der Waals surface area contributed by atoms with Gasteiger partial charge in [0.1, 0.15) is 57.4 Å². The molecule has 145 heavy (non-hydrogen) atoms. The molecule has 27 rings (SSSR count). The Bertz CT molecular complexity index is 9330. The van der Waals surface area contributed by atoms with E-state index >= 15 is 0 Å². The Balaban J connectivity index is 0.000000141. The number of aromatic nitrogens is 16. The van der Waals surface area contributed by atoms with E-state index < -0.39 is 5.97 Å². The number of H-pyrrole nitrogens is 1. The molecule has 0 aliphatic rings. The quantitative estimate of drug-likeness (QED) is 0.0274. The van der Waals surface area contributed by atoms with Gasteiger partial charge >= 0.3 is 144 Å². The van der Waals surface area contributed by atoms with Crippen molar-refractivity contribution < 1.29 is 182 Å². The minimum Gasteiger partial charge on any atom is -0.508 e. The molecule has 0 saturated carbocycles. The smallest absolute Gasteiger partial charge is 0.508 e. The van der Waals surface area contributed by atoms with Crippen LogP contribution in [0.15, 0.2) is 388 Å². The van der Waals surface area contributed by atoms with Crippen LogP contribution >= 0.6 is 67.1 Å². The van der Waals surface area contributed by atoms with E-state index in [2.05, 4.69) is 269 Å². The van der Waals surface area contributed by atoms with E-state index in [1.807, 2.05) is 201 Å². The van der Waals surface area contributed by atoms with Gasteiger partial charge in [-0.05, 0) is 240 Å². The van der Waals surface area contributed by atoms with Crippen molar-refractivity contribution >= 4 is 249 Å². The van der Waals surface area contributed by atoms with Crippen molar-refractivity contribution in [3.8, 4) is 46.0 Å². The second kappa shape index (κ2) is 49.5. The number of carboxylic acid groups (broad SMARTS) is 1. The number of fused-ring (bicyclic) bond motifs is 31. The normalized spacial score (nSPS) is 10.7. The Hall–Kier alpha value is -12.7. The summed E-state index contributed by atoms with van der Waals surface area (Å²) in [4.78, 5) is 69.8. The molecule has 0 atom stereocenters. The van der Waals surface area contributed by atoms with Crippen LogP contribution in [0, 0.1) is 17.7 Å². The molecule has 0 aliphatic carbocycles. The number of aromatic amines is 1. The van der Waals surface area contributed by atoms with Crippen LogP contribution in [0.3, 0.4) is 0 Å². The topological polar surface area (TPSA) is 290 Å². The van der Waals surface area contributed by atoms with E-state index in [1.165, 1.54) is 32.8 Å². The Morgan fingerprint density at radius 2 is 0.841 bits per heavy atom. The minimum absolute atomic E-state index is 0. The standard InChI is InChI=1S/C35H21N5O.C19H13N3O.C18H11N3O.C17H11BrN2.C14H12N2.C5H3ClIN.C2H4O2.CH2F.CH2O3.2CH4.BrH.2Cs/c1-3-9-30-25(7-1)26-15-13-23(20-33(26)39(30)34-11-5-6-17-37-34)41-22-12-14-24-27(19-22)35-38-29-8-2-4-10-32(29)40(35)31-16-18-36-21-28(24)31;1-23-12-6-7-13-14(10-12)19-21-16-4-2-3-5-18(16)22(19)17-8-9-20-11-15(13)17;22-11-5-6-12-13(9-11)18-20-15-3-1-2-4-17(15)21(18)16-7-8-19-10-14(12)16;18-12-8-9-14-13-5-1-2-6-15(13)20(16(14)11-12)17-7-3-4-10-19-17;1-10-5-4-6-11(9-10)14-15-12-7-2-3-8-13(12)16-14;6-4-3-8-2-1-5(4)7;1-2(3)4;1-2;2-1-4-3;;;;;/h1-21H;2-11H,1H3;1-10,22H;1-11H;2-9H,1H3,(H,15,16);1-3H;1H3,(H,3,4);1H2;1,3H;2*1H4;1H;;/q;;;;;;;-1;;;;;2*+1/i/hD. The molecule has 4 N–H and O–H groups in total. The summed E-state index contributed by atoms with van der Waals surface area (Å²) in [5.74, 6) is 4.48. The van der Waals surface area contributed by atoms with Gasteiger partial charge in [0.25, 0.3) is 7.40 Å². The number of aromatic hydroxyl groups is 1. The number of phenolic OH excluding ortho intramolecular Hbond substituents is 1. The van der Waals surface area contributed by atoms with E-state index in [0.29, 0.717) is 5.02 Å². The second-order valence-electron chi connectivity index (χ2n) is 31.8. The van der Waals surface area contributed by atoms with Crippen molar-refractivity contribution in [1.29, 1.82) is 1.43 Å². The average Bonchev–Trinajstić information content (AvgIpc) is 1.55. The molecule has 31 heteroatoms. The number of hydrogen-bond donors (Lipinski definition) is 4. The maximum Gasteiger partial charge on any atom is 1.00 e. The first-order valence-electron chi connectivity index (χ1n) is 44.2. The van der Waals surface area contributed by atoms with Crippen molar-refractivity contribution in [3.63, 3.8) is 0 Å². The predicted molar refractivity (Wildman–Crippen MR) is 591 cm³/mol. The molecule has 0 spiro atoms. The number of pyridine rings is 9. The van der Waals surface area contributed by atoms with E-state index in [0.717, 1.165) is 198 Å². The largest absolute Gasteiger partial charge is 1.00 e. The van der Waals surface area contributed by atoms with E-state index in [-0.39, 0.29) is 182 Å². The zero-order chi connectivity index (χ0) is 97.2. The minimum atomic E-state index is -0.833. The van der Waals surface area contributed by atoms with E-state index in [1.54, 1.807) is 45.0 Å². The van der Waals surface area contributed by atoms with Gasteiger partial charge in [-0.1, -0.05) is 169 Å². The van der Waals surface area contributed by atoms with Crippen molar-refractivity contribution in [2.45, 2.75) is 28.7 Å². The van der Waals surface area contributed by atoms with Crippen LogP contribution in [0.1, 0.15) is 27.3 Å². The summed E-state index contributed by atoms with van der Waals surface area (Å²) in [7, 11) is 3.43. The first kappa shape index (κ1) is 107. The number of halogens is 5. The molecule has 0 unspecified atom stereocenters. The van der Waals surface area contributed by atoms with Crippen molar-refractivity contribution in [3.05, 3.63) is 409 Å². The number of carbonyl (C=O) groups excluding carboxylic acids is 1. The van der Waals surface area contributed by atoms with Gasteiger partial charge < -0.3 is 33.9 Å². The average molecular weight is 2420 g/mol. The summed E-state index contributed by atoms with van der Waals surface area (Å²) in [5, 5.41) is 35.4. The Labute approximate surface area is 986 Å². The molecular formula is C114H88Br2ClCs2FIN16O8+. The van der Waals surface area contributed by atoms with Gasteiger partial charge in [0.05, 0.1) is 94.9 Å². The summed E-state index contributed by atoms with van der Waals surface area (Å²) in [6.45, 7) is 3.19. The van der Waals surface area contributed by atoms with Crippen LogP contribution in [0.2, 0.25) is 5.02 Å². The number of rotatable bonds is 8. The molecule has 15 aromatic heterocycles. The van der Waals surface area contributed by atoms with Crippen LogP contribution in [0.25, 0.3) is 194 Å². The zero-order valence-electron chi connectivity index (χ0n) is 78.1. The van der Waals surface area contributed by atoms with Crippen LogP contribution in [-0.2, 0) is 14.5 Å². The number of carboxylic acids is 1. The van der Waals surface area contributed by atoms with Crippen LogP contribution in [0.5, 0.6) is 23.0 Å². The molecule has 15 heterocycles. The van der Waals surface area contributed by atoms with Gasteiger partial charge in [-0.25, -0.2) is 35.2 Å². The third-order valence-electron chi connectivity index (χ3n) is 23.3. The Kier molecular flexibility index (Phi) is 36.4. The summed E-state index contributed by atoms with van der Waals surface area (Å²) in [6, 6.07) is 108. The zero-order valence-corrected chi connectivity index (χ0v) is 95.9. The number of benzene rings is 12. The van der Waals surface area contributed by atoms with Gasteiger partial charge in [0.2, 0.25) is 0 Å². The summed E-state index contributed by atoms with van der Waals surface area (Å²) >= 11 is 11.4. The molecule has 0 aliphatic heterocycles. The van der Waals surface area contributed by atoms with Crippen LogP contribution in [0.4, 0.5) is 4.39 Å². The molecule has 708 valence electrons. The van der Waals surface area contributed by atoms with Crippen molar-refractivity contribution in [1.82, 2.24) is 77.2 Å². The third-order valence-corrected chi connectivity index (χ3v) is 25.4. The Morgan fingerprint density at radius 3 is 1.29 bits per heavy atom. The number of nitrogens with one attached hydrogen (secondary N) is 1. The number of imidazole rings is 4. The second-order valence-corrected chi connectivity index (χ2v) is 34.3. The molecule has 27 aromatic rings. The number of methoxy groups -OCH3 is 1. The first-order chi connectivity index (χ1) is 69.1. The molecule has 0 saturated heterocycles. The van der Waals surface area contributed by atoms with Gasteiger partial charge in [0.15, 0.2) is 0 Å². The van der Waals surface area contributed by atoms with Gasteiger partial charge in [-0.3, -0.25) is 51.9 Å². The molecule has 24 nitrogen and oxygen atoms in total. The fourth-order valence-corrected chi connectivity index (χ4v) is 18.3. The SMILES string of the molecule is Br.Brc1ccc2c3ccccc3n(-c3ccccn3)c2c1.C.C.CC(=O)O.COc1ccc2c3cnccc3n3c4ccccc4nc3c2c1.Cc1cccc(-c2nc3ccccc3[nH]2)c1.Clc1cnccc1I.Oc1ccc2c3cnccc3n3c4ccccc4nc3c2c1.[2H]OOC=O.[CH2-]F.[Cs+].[Cs+].c1ccc(-n2c3ccccc3c3ccc(Oc4ccc5c6cnccc6n6c7ccccc7nc6c5c4)cc32)nc1. The number of carbonyl (C=O) groups is 2. The third kappa shape index (κ3) is 22.7. The number of nitrogens with zero attached hydrogens (tertiary/aromatic N) is 15. The number of aryl methyl sites for hydroxylation is 1. The van der Waals surface area contributed by atoms with E-state index in [9.17, 15) is 9.50 Å². The van der Waals surface area contributed by atoms with Crippen molar-refractivity contribution in [2.75, 3.05) is 7.11 Å². The molecule has 0 bridgehead atoms. The van der Waals surface area contributed by atoms with Gasteiger partial charge in [-0.2, -0.15) is 7.18 Å². The van der Waals surface area contributed by atoms with Crippen LogP contribution in [-0.4, -0.2) is 112 Å². The predicted octanol–water partition coefficient (Wildman–Crippen LogP) is 23.7. The van der Waals surface area contributed by atoms with Gasteiger partial charge in [0, 0.05) is 142 Å². The van der Waals surface area contributed by atoms with Gasteiger partial charge in [-0.15, -0.1) is 17.0 Å².